The highest BCUT2D eigenvalue weighted by Crippen LogP contribution is 2.48. The number of carbonyl (C=O) groups is 2. The van der Waals surface area contributed by atoms with Crippen LogP contribution in [0.2, 0.25) is 0 Å². The Balaban J connectivity index is 2.39. The van der Waals surface area contributed by atoms with Crippen molar-refractivity contribution in [3.63, 3.8) is 0 Å². The number of hydrogen-bond donors (Lipinski definition) is 0. The molecule has 18 heavy (non-hydrogen) atoms. The lowest BCUT2D eigenvalue weighted by molar-refractivity contribution is -0.158. The van der Waals surface area contributed by atoms with Crippen molar-refractivity contribution in [2.24, 2.45) is 11.8 Å². The van der Waals surface area contributed by atoms with Crippen molar-refractivity contribution >= 4 is 11.9 Å². The summed E-state index contributed by atoms with van der Waals surface area (Å²) in [4.78, 5) is 26.3. The minimum atomic E-state index is -0.444. The van der Waals surface area contributed by atoms with Gasteiger partial charge in [0.2, 0.25) is 0 Å². The zero-order valence-electron chi connectivity index (χ0n) is 11.4. The van der Waals surface area contributed by atoms with Crippen molar-refractivity contribution in [3.05, 3.63) is 0 Å². The third kappa shape index (κ3) is 1.72. The number of esters is 2. The minimum Gasteiger partial charge on any atom is -0.469 e. The maximum Gasteiger partial charge on any atom is 0.311 e. The Morgan fingerprint density at radius 2 is 1.78 bits per heavy atom. The molecule has 2 heterocycles. The number of hydrogen-bond acceptors (Lipinski definition) is 5. The summed E-state index contributed by atoms with van der Waals surface area (Å²) in [6, 6.07) is 0.108. The summed E-state index contributed by atoms with van der Waals surface area (Å²) in [5.41, 5.74) is -0.354. The van der Waals surface area contributed by atoms with Crippen LogP contribution in [0.3, 0.4) is 0 Å². The molecule has 0 saturated carbocycles. The zero-order valence-corrected chi connectivity index (χ0v) is 11.4. The van der Waals surface area contributed by atoms with Gasteiger partial charge in [-0.1, -0.05) is 0 Å². The maximum atomic E-state index is 12.0. The van der Waals surface area contributed by atoms with Crippen LogP contribution in [0.25, 0.3) is 0 Å². The van der Waals surface area contributed by atoms with E-state index in [1.165, 1.54) is 14.2 Å². The molecule has 0 N–H and O–H groups in total. The molecular weight excluding hydrogens is 234 g/mol. The second-order valence-electron chi connectivity index (χ2n) is 5.61. The van der Waals surface area contributed by atoms with Gasteiger partial charge >= 0.3 is 11.9 Å². The lowest BCUT2D eigenvalue weighted by atomic mass is 9.79. The van der Waals surface area contributed by atoms with Gasteiger partial charge in [0.05, 0.1) is 26.1 Å². The monoisotopic (exact) mass is 255 g/mol. The molecule has 3 atom stereocenters. The number of rotatable bonds is 2. The maximum absolute atomic E-state index is 12.0. The summed E-state index contributed by atoms with van der Waals surface area (Å²) in [7, 11) is 2.75. The largest absolute Gasteiger partial charge is 0.469 e. The van der Waals surface area contributed by atoms with Gasteiger partial charge in [0, 0.05) is 11.6 Å². The summed E-state index contributed by atoms with van der Waals surface area (Å²) in [6.45, 7) is 4.95. The summed E-state index contributed by atoms with van der Waals surface area (Å²) in [6.07, 6.45) is 2.01. The van der Waals surface area contributed by atoms with Crippen molar-refractivity contribution < 1.29 is 19.1 Å². The van der Waals surface area contributed by atoms with E-state index >= 15 is 0 Å². The standard InChI is InChI=1S/C13H21NO4/c1-13(2)10(12(16)18-4)9(11(15)17-3)8-6-5-7-14(8)13/h8-10H,5-7H2,1-4H3/t8-,9+,10+/m1/s1. The highest BCUT2D eigenvalue weighted by molar-refractivity contribution is 5.84. The molecule has 0 bridgehead atoms. The Hall–Kier alpha value is -1.10. The van der Waals surface area contributed by atoms with Crippen molar-refractivity contribution in [1.29, 1.82) is 0 Å². The first-order valence-corrected chi connectivity index (χ1v) is 6.37. The highest BCUT2D eigenvalue weighted by atomic mass is 16.5. The topological polar surface area (TPSA) is 55.8 Å². The Morgan fingerprint density at radius 3 is 2.33 bits per heavy atom. The van der Waals surface area contributed by atoms with Gasteiger partial charge in [-0.3, -0.25) is 14.5 Å². The summed E-state index contributed by atoms with van der Waals surface area (Å²) >= 11 is 0. The highest BCUT2D eigenvalue weighted by Gasteiger charge is 2.61. The molecule has 102 valence electrons. The molecule has 2 rings (SSSR count). The molecule has 0 aromatic rings. The van der Waals surface area contributed by atoms with E-state index in [4.69, 9.17) is 9.47 Å². The van der Waals surface area contributed by atoms with E-state index < -0.39 is 11.8 Å². The quantitative estimate of drug-likeness (QED) is 0.684. The average molecular weight is 255 g/mol. The lowest BCUT2D eigenvalue weighted by Crippen LogP contribution is -2.46. The number of methoxy groups -OCH3 is 2. The Bertz CT molecular complexity index is 366. The molecule has 0 amide bonds. The fourth-order valence-corrected chi connectivity index (χ4v) is 3.71. The van der Waals surface area contributed by atoms with E-state index in [1.54, 1.807) is 0 Å². The van der Waals surface area contributed by atoms with E-state index in [9.17, 15) is 9.59 Å². The van der Waals surface area contributed by atoms with Crippen LogP contribution in [-0.4, -0.2) is 49.2 Å². The van der Waals surface area contributed by atoms with E-state index in [2.05, 4.69) is 4.90 Å². The van der Waals surface area contributed by atoms with Crippen molar-refractivity contribution in [2.45, 2.75) is 38.3 Å². The van der Waals surface area contributed by atoms with Crippen LogP contribution in [-0.2, 0) is 19.1 Å². The van der Waals surface area contributed by atoms with Crippen LogP contribution in [0, 0.1) is 11.8 Å². The van der Waals surface area contributed by atoms with Gasteiger partial charge in [-0.05, 0) is 33.2 Å². The minimum absolute atomic E-state index is 0.108. The Labute approximate surface area is 107 Å². The van der Waals surface area contributed by atoms with Gasteiger partial charge < -0.3 is 9.47 Å². The summed E-state index contributed by atoms with van der Waals surface area (Å²) in [5.74, 6) is -1.46. The molecule has 2 aliphatic rings. The van der Waals surface area contributed by atoms with Gasteiger partial charge in [-0.15, -0.1) is 0 Å². The molecule has 0 radical (unpaired) electrons. The van der Waals surface area contributed by atoms with Crippen LogP contribution in [0.4, 0.5) is 0 Å². The number of carbonyl (C=O) groups excluding carboxylic acids is 2. The molecule has 0 aliphatic carbocycles. The van der Waals surface area contributed by atoms with Crippen LogP contribution < -0.4 is 0 Å². The zero-order chi connectivity index (χ0) is 13.5. The normalized spacial score (nSPS) is 34.1. The number of nitrogens with zero attached hydrogens (tertiary/aromatic N) is 1. The smallest absolute Gasteiger partial charge is 0.311 e. The van der Waals surface area contributed by atoms with Crippen molar-refractivity contribution in [1.82, 2.24) is 4.90 Å². The second-order valence-corrected chi connectivity index (χ2v) is 5.61. The third-order valence-electron chi connectivity index (χ3n) is 4.50. The fraction of sp³-hybridized carbons (Fsp3) is 0.846. The Morgan fingerprint density at radius 1 is 1.17 bits per heavy atom. The molecule has 0 aromatic carbocycles. The SMILES string of the molecule is COC(=O)[C@H]1[C@H]2CCCN2C(C)(C)[C@@H]1C(=O)OC. The molecule has 5 nitrogen and oxygen atoms in total. The van der Waals surface area contributed by atoms with Crippen molar-refractivity contribution in [3.8, 4) is 0 Å². The first-order chi connectivity index (χ1) is 8.45. The predicted octanol–water partition coefficient (Wildman–Crippen LogP) is 0.821. The summed E-state index contributed by atoms with van der Waals surface area (Å²) in [5, 5.41) is 0. The average Bonchev–Trinajstić information content (AvgIpc) is 2.89. The first kappa shape index (κ1) is 13.3. The summed E-state index contributed by atoms with van der Waals surface area (Å²) < 4.78 is 9.77. The first-order valence-electron chi connectivity index (χ1n) is 6.37. The molecule has 2 aliphatic heterocycles. The van der Waals surface area contributed by atoms with Crippen LogP contribution in [0.1, 0.15) is 26.7 Å². The molecule has 5 heteroatoms. The van der Waals surface area contributed by atoms with E-state index in [1.807, 2.05) is 13.8 Å². The predicted molar refractivity (Wildman–Crippen MR) is 64.8 cm³/mol. The molecule has 2 saturated heterocycles. The van der Waals surface area contributed by atoms with Gasteiger partial charge in [-0.25, -0.2) is 0 Å². The van der Waals surface area contributed by atoms with Crippen LogP contribution >= 0.6 is 0 Å². The van der Waals surface area contributed by atoms with Crippen LogP contribution in [0.15, 0.2) is 0 Å². The fourth-order valence-electron chi connectivity index (χ4n) is 3.71. The second kappa shape index (κ2) is 4.53. The van der Waals surface area contributed by atoms with Crippen molar-refractivity contribution in [2.75, 3.05) is 20.8 Å². The van der Waals surface area contributed by atoms with Gasteiger partial charge in [0.1, 0.15) is 0 Å². The number of ether oxygens (including phenoxy) is 2. The molecule has 2 fully saturated rings. The van der Waals surface area contributed by atoms with Gasteiger partial charge in [0.25, 0.3) is 0 Å². The van der Waals surface area contributed by atoms with Gasteiger partial charge in [-0.2, -0.15) is 0 Å². The number of fused-ring (bicyclic) bond motifs is 1. The molecule has 0 spiro atoms. The molecule has 0 aromatic heterocycles. The van der Waals surface area contributed by atoms with E-state index in [-0.39, 0.29) is 23.5 Å². The molecular formula is C13H21NO4. The van der Waals surface area contributed by atoms with E-state index in [0.717, 1.165) is 19.4 Å². The molecule has 0 unspecified atom stereocenters. The van der Waals surface area contributed by atoms with E-state index in [0.29, 0.717) is 0 Å². The lowest BCUT2D eigenvalue weighted by Gasteiger charge is -2.34. The van der Waals surface area contributed by atoms with Crippen LogP contribution in [0.5, 0.6) is 0 Å². The van der Waals surface area contributed by atoms with Gasteiger partial charge in [0.15, 0.2) is 0 Å². The third-order valence-corrected chi connectivity index (χ3v) is 4.50. The Kier molecular flexibility index (Phi) is 3.36.